The molecule has 0 saturated heterocycles. The van der Waals surface area contributed by atoms with Crippen molar-refractivity contribution in [3.8, 4) is 0 Å². The highest BCUT2D eigenvalue weighted by molar-refractivity contribution is 5.19. The van der Waals surface area contributed by atoms with Crippen LogP contribution in [-0.2, 0) is 0 Å². The Kier molecular flexibility index (Phi) is 4.24. The highest BCUT2D eigenvalue weighted by atomic mass is 15.3. The normalized spacial score (nSPS) is 27.0. The van der Waals surface area contributed by atoms with Gasteiger partial charge in [-0.25, -0.2) is 0 Å². The number of nitrogens with zero attached hydrogens (tertiary/aromatic N) is 1. The second-order valence-corrected chi connectivity index (χ2v) is 7.19. The molecule has 1 aliphatic rings. The zero-order valence-corrected chi connectivity index (χ0v) is 12.7. The van der Waals surface area contributed by atoms with Crippen LogP contribution in [0.25, 0.3) is 0 Å². The molecule has 17 heavy (non-hydrogen) atoms. The fourth-order valence-corrected chi connectivity index (χ4v) is 2.51. The standard InChI is InChI=1S/C16H30N/c1-13-9-8-12-16(3,4)15(13)11-10-14(2)17(5,6)7/h9-11,14-15H,8,12H2,1-7H3/q+1. The fraction of sp³-hybridized carbons (Fsp3) is 0.750. The van der Waals surface area contributed by atoms with Crippen LogP contribution in [-0.4, -0.2) is 31.7 Å². The number of hydrogen-bond acceptors (Lipinski definition) is 0. The second-order valence-electron chi connectivity index (χ2n) is 7.19. The van der Waals surface area contributed by atoms with Crippen LogP contribution in [0.3, 0.4) is 0 Å². The monoisotopic (exact) mass is 236 g/mol. The molecule has 2 unspecified atom stereocenters. The van der Waals surface area contributed by atoms with Gasteiger partial charge in [0.15, 0.2) is 0 Å². The molecule has 0 aromatic heterocycles. The Balaban J connectivity index is 2.82. The van der Waals surface area contributed by atoms with Gasteiger partial charge in [-0.2, -0.15) is 0 Å². The lowest BCUT2D eigenvalue weighted by Gasteiger charge is -2.37. The Morgan fingerprint density at radius 2 is 1.94 bits per heavy atom. The molecular weight excluding hydrogens is 206 g/mol. The van der Waals surface area contributed by atoms with Crippen molar-refractivity contribution in [3.05, 3.63) is 23.8 Å². The molecule has 98 valence electrons. The predicted octanol–water partition coefficient (Wildman–Crippen LogP) is 4.02. The highest BCUT2D eigenvalue weighted by Crippen LogP contribution is 2.41. The molecule has 0 saturated carbocycles. The summed E-state index contributed by atoms with van der Waals surface area (Å²) in [7, 11) is 6.76. The van der Waals surface area contributed by atoms with Crippen molar-refractivity contribution >= 4 is 0 Å². The first kappa shape index (κ1) is 14.5. The first-order valence-electron chi connectivity index (χ1n) is 6.81. The van der Waals surface area contributed by atoms with Crippen molar-refractivity contribution < 1.29 is 4.48 Å². The van der Waals surface area contributed by atoms with E-state index in [9.17, 15) is 0 Å². The average molecular weight is 236 g/mol. The van der Waals surface area contributed by atoms with Crippen molar-refractivity contribution in [2.45, 2.75) is 46.6 Å². The lowest BCUT2D eigenvalue weighted by Crippen LogP contribution is -2.42. The van der Waals surface area contributed by atoms with Gasteiger partial charge in [-0.15, -0.1) is 0 Å². The summed E-state index contributed by atoms with van der Waals surface area (Å²) in [5.74, 6) is 0.616. The quantitative estimate of drug-likeness (QED) is 0.513. The number of quaternary nitrogens is 1. The molecular formula is C16H30N+. The minimum atomic E-state index is 0.417. The summed E-state index contributed by atoms with van der Waals surface area (Å²) < 4.78 is 0.992. The van der Waals surface area contributed by atoms with Gasteiger partial charge in [0, 0.05) is 5.92 Å². The molecule has 0 spiro atoms. The Labute approximate surface area is 108 Å². The van der Waals surface area contributed by atoms with E-state index in [-0.39, 0.29) is 0 Å². The van der Waals surface area contributed by atoms with Crippen LogP contribution in [0.2, 0.25) is 0 Å². The Morgan fingerprint density at radius 3 is 2.41 bits per heavy atom. The molecule has 0 fully saturated rings. The summed E-state index contributed by atoms with van der Waals surface area (Å²) in [6, 6.07) is 0.570. The maximum absolute atomic E-state index is 2.44. The average Bonchev–Trinajstić information content (AvgIpc) is 2.14. The Morgan fingerprint density at radius 1 is 1.35 bits per heavy atom. The predicted molar refractivity (Wildman–Crippen MR) is 76.9 cm³/mol. The van der Waals surface area contributed by atoms with E-state index in [4.69, 9.17) is 0 Å². The second kappa shape index (κ2) is 4.97. The van der Waals surface area contributed by atoms with E-state index < -0.39 is 0 Å². The van der Waals surface area contributed by atoms with Gasteiger partial charge in [0.1, 0.15) is 6.04 Å². The smallest absolute Gasteiger partial charge is 0.104 e. The maximum atomic E-state index is 2.44. The molecule has 1 rings (SSSR count). The molecule has 2 atom stereocenters. The van der Waals surface area contributed by atoms with E-state index in [0.717, 1.165) is 4.48 Å². The topological polar surface area (TPSA) is 0 Å². The van der Waals surface area contributed by atoms with Crippen LogP contribution in [0.5, 0.6) is 0 Å². The molecule has 0 heterocycles. The number of allylic oxidation sites excluding steroid dienone is 3. The molecule has 0 aromatic carbocycles. The minimum Gasteiger partial charge on any atom is -0.325 e. The van der Waals surface area contributed by atoms with Crippen molar-refractivity contribution in [1.29, 1.82) is 0 Å². The van der Waals surface area contributed by atoms with Crippen LogP contribution >= 0.6 is 0 Å². The van der Waals surface area contributed by atoms with E-state index in [1.54, 1.807) is 5.57 Å². The Bertz CT molecular complexity index is 315. The zero-order chi connectivity index (χ0) is 13.3. The molecule has 1 aliphatic carbocycles. The summed E-state index contributed by atoms with van der Waals surface area (Å²) in [6.07, 6.45) is 9.80. The van der Waals surface area contributed by atoms with Gasteiger partial charge in [0.05, 0.1) is 21.1 Å². The molecule has 0 aliphatic heterocycles. The van der Waals surface area contributed by atoms with Gasteiger partial charge in [-0.3, -0.25) is 0 Å². The molecule has 0 radical (unpaired) electrons. The van der Waals surface area contributed by atoms with Crippen molar-refractivity contribution in [2.24, 2.45) is 11.3 Å². The molecule has 1 nitrogen and oxygen atoms in total. The summed E-state index contributed by atoms with van der Waals surface area (Å²) in [6.45, 7) is 9.38. The number of likely N-dealkylation sites (N-methyl/N-ethyl adjacent to an activating group) is 1. The van der Waals surface area contributed by atoms with Crippen molar-refractivity contribution in [3.63, 3.8) is 0 Å². The number of rotatable bonds is 3. The van der Waals surface area contributed by atoms with Crippen LogP contribution in [0.1, 0.15) is 40.5 Å². The van der Waals surface area contributed by atoms with Crippen LogP contribution in [0.15, 0.2) is 23.8 Å². The van der Waals surface area contributed by atoms with E-state index >= 15 is 0 Å². The van der Waals surface area contributed by atoms with E-state index in [0.29, 0.717) is 17.4 Å². The van der Waals surface area contributed by atoms with E-state index in [1.807, 2.05) is 0 Å². The van der Waals surface area contributed by atoms with Gasteiger partial charge in [-0.1, -0.05) is 31.6 Å². The SMILES string of the molecule is CC1=CCCC(C)(C)C1C=CC(C)[N+](C)(C)C. The third kappa shape index (κ3) is 3.70. The lowest BCUT2D eigenvalue weighted by atomic mass is 9.68. The van der Waals surface area contributed by atoms with Crippen LogP contribution in [0, 0.1) is 11.3 Å². The summed E-state index contributed by atoms with van der Waals surface area (Å²) in [5.41, 5.74) is 1.96. The molecule has 0 aromatic rings. The van der Waals surface area contributed by atoms with Crippen LogP contribution in [0.4, 0.5) is 0 Å². The zero-order valence-electron chi connectivity index (χ0n) is 12.7. The lowest BCUT2D eigenvalue weighted by molar-refractivity contribution is -0.887. The largest absolute Gasteiger partial charge is 0.325 e. The first-order chi connectivity index (χ1) is 7.64. The summed E-state index contributed by atoms with van der Waals surface area (Å²) in [5, 5.41) is 0. The summed E-state index contributed by atoms with van der Waals surface area (Å²) in [4.78, 5) is 0. The molecule has 1 heteroatoms. The fourth-order valence-electron chi connectivity index (χ4n) is 2.51. The van der Waals surface area contributed by atoms with Crippen molar-refractivity contribution in [1.82, 2.24) is 0 Å². The van der Waals surface area contributed by atoms with Crippen molar-refractivity contribution in [2.75, 3.05) is 21.1 Å². The highest BCUT2D eigenvalue weighted by Gasteiger charge is 2.31. The third-order valence-electron chi connectivity index (χ3n) is 4.39. The Hall–Kier alpha value is -0.560. The van der Waals surface area contributed by atoms with Gasteiger partial charge in [0.2, 0.25) is 0 Å². The molecule has 0 amide bonds. The molecule has 0 N–H and O–H groups in total. The molecule has 0 bridgehead atoms. The van der Waals surface area contributed by atoms with E-state index in [2.05, 4.69) is 67.1 Å². The maximum Gasteiger partial charge on any atom is 0.104 e. The number of hydrogen-bond donors (Lipinski definition) is 0. The summed E-state index contributed by atoms with van der Waals surface area (Å²) >= 11 is 0. The van der Waals surface area contributed by atoms with Gasteiger partial charge in [-0.05, 0) is 38.2 Å². The van der Waals surface area contributed by atoms with Gasteiger partial charge < -0.3 is 4.48 Å². The minimum absolute atomic E-state index is 0.417. The van der Waals surface area contributed by atoms with Crippen LogP contribution < -0.4 is 0 Å². The first-order valence-corrected chi connectivity index (χ1v) is 6.81. The third-order valence-corrected chi connectivity index (χ3v) is 4.39. The van der Waals surface area contributed by atoms with Gasteiger partial charge >= 0.3 is 0 Å². The van der Waals surface area contributed by atoms with E-state index in [1.165, 1.54) is 12.8 Å². The van der Waals surface area contributed by atoms with Gasteiger partial charge in [0.25, 0.3) is 0 Å².